The van der Waals surface area contributed by atoms with Crippen LogP contribution in [0.3, 0.4) is 0 Å². The van der Waals surface area contributed by atoms with E-state index in [9.17, 15) is 18.0 Å². The molecule has 0 aliphatic carbocycles. The molecular weight excluding hydrogens is 405 g/mol. The summed E-state index contributed by atoms with van der Waals surface area (Å²) in [4.78, 5) is 16.5. The number of carbonyl (C=O) groups excluding carboxylic acids is 1. The van der Waals surface area contributed by atoms with E-state index in [0.717, 1.165) is 23.9 Å². The summed E-state index contributed by atoms with van der Waals surface area (Å²) in [6.07, 6.45) is -1.94. The highest BCUT2D eigenvalue weighted by Gasteiger charge is 2.30. The van der Waals surface area contributed by atoms with Gasteiger partial charge < -0.3 is 16.5 Å². The number of nitrogens with one attached hydrogen (secondary N) is 2. The molecule has 1 aromatic heterocycles. The summed E-state index contributed by atoms with van der Waals surface area (Å²) < 4.78 is 38.6. The van der Waals surface area contributed by atoms with Crippen LogP contribution in [-0.2, 0) is 6.18 Å². The van der Waals surface area contributed by atoms with E-state index in [1.54, 1.807) is 24.3 Å². The number of nitrogens with zero attached hydrogens (tertiary/aromatic N) is 1. The number of nitrogen functional groups attached to an aromatic ring is 1. The SMILES string of the molecule is Cc1ccc(C(=O)Nc2cccc(C(F)(F)F)c2)cc1C#Cc1cnc(N)c(C=N)c1. The number of halogens is 3. The Morgan fingerprint density at radius 1 is 1.16 bits per heavy atom. The van der Waals surface area contributed by atoms with Crippen LogP contribution in [0.1, 0.15) is 38.2 Å². The minimum Gasteiger partial charge on any atom is -0.383 e. The molecule has 1 heterocycles. The van der Waals surface area contributed by atoms with Crippen LogP contribution in [0.2, 0.25) is 0 Å². The highest BCUT2D eigenvalue weighted by atomic mass is 19.4. The number of hydrogen-bond acceptors (Lipinski definition) is 4. The fourth-order valence-electron chi connectivity index (χ4n) is 2.69. The maximum Gasteiger partial charge on any atom is 0.416 e. The van der Waals surface area contributed by atoms with E-state index in [0.29, 0.717) is 16.7 Å². The van der Waals surface area contributed by atoms with Gasteiger partial charge in [0.15, 0.2) is 0 Å². The fourth-order valence-corrected chi connectivity index (χ4v) is 2.69. The molecule has 0 spiro atoms. The fraction of sp³-hybridized carbons (Fsp3) is 0.0870. The van der Waals surface area contributed by atoms with Crippen molar-refractivity contribution < 1.29 is 18.0 Å². The Balaban J connectivity index is 1.85. The first-order valence-corrected chi connectivity index (χ1v) is 9.04. The molecule has 0 unspecified atom stereocenters. The van der Waals surface area contributed by atoms with Gasteiger partial charge >= 0.3 is 6.18 Å². The maximum atomic E-state index is 12.9. The minimum atomic E-state index is -4.50. The van der Waals surface area contributed by atoms with Crippen LogP contribution in [0, 0.1) is 24.2 Å². The van der Waals surface area contributed by atoms with Crippen LogP contribution in [0.4, 0.5) is 24.7 Å². The van der Waals surface area contributed by atoms with Crippen molar-refractivity contribution in [2.75, 3.05) is 11.1 Å². The van der Waals surface area contributed by atoms with Gasteiger partial charge in [-0.15, -0.1) is 0 Å². The van der Waals surface area contributed by atoms with Crippen LogP contribution < -0.4 is 11.1 Å². The lowest BCUT2D eigenvalue weighted by molar-refractivity contribution is -0.137. The highest BCUT2D eigenvalue weighted by Crippen LogP contribution is 2.30. The van der Waals surface area contributed by atoms with Crippen molar-refractivity contribution >= 4 is 23.6 Å². The van der Waals surface area contributed by atoms with Gasteiger partial charge in [-0.1, -0.05) is 24.0 Å². The third kappa shape index (κ3) is 5.28. The molecule has 0 saturated carbocycles. The van der Waals surface area contributed by atoms with Crippen molar-refractivity contribution in [2.24, 2.45) is 0 Å². The standard InChI is InChI=1S/C23H17F3N4O/c1-14-5-7-17(22(31)30-20-4-2-3-19(11-20)23(24,25)26)10-16(14)8-6-15-9-18(12-27)21(28)29-13-15/h2-5,7,9-13,27H,1H3,(H2,28,29)(H,30,31). The van der Waals surface area contributed by atoms with Gasteiger partial charge in [-0.05, 0) is 48.9 Å². The highest BCUT2D eigenvalue weighted by molar-refractivity contribution is 6.04. The third-order valence-electron chi connectivity index (χ3n) is 4.39. The van der Waals surface area contributed by atoms with Crippen LogP contribution in [0.15, 0.2) is 54.7 Å². The first-order valence-electron chi connectivity index (χ1n) is 9.04. The second-order valence-electron chi connectivity index (χ2n) is 6.66. The molecule has 1 amide bonds. The lowest BCUT2D eigenvalue weighted by atomic mass is 10.0. The number of nitrogens with two attached hydrogens (primary N) is 1. The number of carbonyl (C=O) groups is 1. The summed E-state index contributed by atoms with van der Waals surface area (Å²) in [6.45, 7) is 1.82. The zero-order valence-electron chi connectivity index (χ0n) is 16.3. The van der Waals surface area contributed by atoms with E-state index in [1.807, 2.05) is 6.92 Å². The molecule has 0 atom stereocenters. The molecule has 156 valence electrons. The summed E-state index contributed by atoms with van der Waals surface area (Å²) in [5, 5.41) is 9.80. The third-order valence-corrected chi connectivity index (χ3v) is 4.39. The summed E-state index contributed by atoms with van der Waals surface area (Å²) >= 11 is 0. The Labute approximate surface area is 176 Å². The summed E-state index contributed by atoms with van der Waals surface area (Å²) in [6, 6.07) is 10.9. The first-order chi connectivity index (χ1) is 14.7. The van der Waals surface area contributed by atoms with Crippen LogP contribution in [0.5, 0.6) is 0 Å². The van der Waals surface area contributed by atoms with Gasteiger partial charge in [-0.2, -0.15) is 13.2 Å². The number of anilines is 2. The van der Waals surface area contributed by atoms with E-state index in [2.05, 4.69) is 22.1 Å². The summed E-state index contributed by atoms with van der Waals surface area (Å²) in [5.41, 5.74) is 7.49. The Morgan fingerprint density at radius 2 is 1.94 bits per heavy atom. The van der Waals surface area contributed by atoms with Crippen LogP contribution in [0.25, 0.3) is 0 Å². The van der Waals surface area contributed by atoms with E-state index in [1.165, 1.54) is 18.3 Å². The molecule has 0 aliphatic rings. The van der Waals surface area contributed by atoms with Gasteiger partial charge in [0.1, 0.15) is 5.82 Å². The molecule has 0 saturated heterocycles. The van der Waals surface area contributed by atoms with Crippen molar-refractivity contribution in [1.29, 1.82) is 5.41 Å². The number of benzene rings is 2. The smallest absolute Gasteiger partial charge is 0.383 e. The van der Waals surface area contributed by atoms with Crippen molar-refractivity contribution in [3.8, 4) is 11.8 Å². The van der Waals surface area contributed by atoms with E-state index < -0.39 is 17.6 Å². The van der Waals surface area contributed by atoms with Gasteiger partial charge in [0, 0.05) is 40.4 Å². The number of aromatic nitrogens is 1. The second kappa shape index (κ2) is 8.71. The zero-order chi connectivity index (χ0) is 22.6. The summed E-state index contributed by atoms with van der Waals surface area (Å²) in [7, 11) is 0. The van der Waals surface area contributed by atoms with Gasteiger partial charge in [0.25, 0.3) is 5.91 Å². The van der Waals surface area contributed by atoms with Crippen LogP contribution in [-0.4, -0.2) is 17.1 Å². The average molecular weight is 422 g/mol. The molecule has 3 rings (SSSR count). The van der Waals surface area contributed by atoms with Gasteiger partial charge in [0.05, 0.1) is 5.56 Å². The molecule has 0 bridgehead atoms. The van der Waals surface area contributed by atoms with Gasteiger partial charge in [-0.25, -0.2) is 4.98 Å². The van der Waals surface area contributed by atoms with Crippen molar-refractivity contribution in [3.63, 3.8) is 0 Å². The molecule has 2 aromatic carbocycles. The molecule has 0 radical (unpaired) electrons. The Bertz CT molecular complexity index is 1220. The Hall–Kier alpha value is -4.12. The first kappa shape index (κ1) is 21.6. The summed E-state index contributed by atoms with van der Waals surface area (Å²) in [5.74, 6) is 5.54. The zero-order valence-corrected chi connectivity index (χ0v) is 16.3. The van der Waals surface area contributed by atoms with E-state index >= 15 is 0 Å². The number of aryl methyl sites for hydroxylation is 1. The molecule has 0 aliphatic heterocycles. The van der Waals surface area contributed by atoms with E-state index in [-0.39, 0.29) is 17.1 Å². The Kier molecular flexibility index (Phi) is 6.07. The molecule has 31 heavy (non-hydrogen) atoms. The predicted molar refractivity (Wildman–Crippen MR) is 113 cm³/mol. The van der Waals surface area contributed by atoms with Crippen molar-refractivity contribution in [1.82, 2.24) is 4.98 Å². The topological polar surface area (TPSA) is 91.9 Å². The molecule has 4 N–H and O–H groups in total. The minimum absolute atomic E-state index is 0.0418. The van der Waals surface area contributed by atoms with Crippen LogP contribution >= 0.6 is 0 Å². The Morgan fingerprint density at radius 3 is 2.65 bits per heavy atom. The van der Waals surface area contributed by atoms with Gasteiger partial charge in [-0.3, -0.25) is 4.79 Å². The number of amides is 1. The predicted octanol–water partition coefficient (Wildman–Crippen LogP) is 4.64. The number of pyridine rings is 1. The number of alkyl halides is 3. The van der Waals surface area contributed by atoms with Crippen molar-refractivity contribution in [3.05, 3.63) is 88.1 Å². The molecule has 3 aromatic rings. The monoisotopic (exact) mass is 422 g/mol. The molecule has 0 fully saturated rings. The number of rotatable bonds is 3. The van der Waals surface area contributed by atoms with E-state index in [4.69, 9.17) is 11.1 Å². The van der Waals surface area contributed by atoms with Crippen molar-refractivity contribution in [2.45, 2.75) is 13.1 Å². The molecule has 5 nitrogen and oxygen atoms in total. The molecular formula is C23H17F3N4O. The average Bonchev–Trinajstić information content (AvgIpc) is 2.73. The molecule has 8 heteroatoms. The second-order valence-corrected chi connectivity index (χ2v) is 6.66. The normalized spacial score (nSPS) is 10.7. The largest absolute Gasteiger partial charge is 0.416 e. The quantitative estimate of drug-likeness (QED) is 0.424. The maximum absolute atomic E-state index is 12.9. The lowest BCUT2D eigenvalue weighted by Crippen LogP contribution is -2.13. The van der Waals surface area contributed by atoms with Gasteiger partial charge in [0.2, 0.25) is 0 Å². The number of hydrogen-bond donors (Lipinski definition) is 3. The lowest BCUT2D eigenvalue weighted by Gasteiger charge is -2.10.